The van der Waals surface area contributed by atoms with Crippen LogP contribution in [0.4, 0.5) is 0 Å². The predicted octanol–water partition coefficient (Wildman–Crippen LogP) is 1.61. The summed E-state index contributed by atoms with van der Waals surface area (Å²) < 4.78 is 47.2. The van der Waals surface area contributed by atoms with Crippen LogP contribution in [0.5, 0.6) is 0 Å². The fourth-order valence-electron chi connectivity index (χ4n) is 3.10. The largest absolute Gasteiger partial charge is 0.350 e. The van der Waals surface area contributed by atoms with Crippen molar-refractivity contribution in [3.63, 3.8) is 0 Å². The Bertz CT molecular complexity index is 804. The summed E-state index contributed by atoms with van der Waals surface area (Å²) in [7, 11) is -3.59. The van der Waals surface area contributed by atoms with E-state index >= 15 is 0 Å². The predicted molar refractivity (Wildman–Crippen MR) is 84.7 cm³/mol. The van der Waals surface area contributed by atoms with Gasteiger partial charge in [0.05, 0.1) is 24.9 Å². The van der Waals surface area contributed by atoms with Gasteiger partial charge < -0.3 is 9.47 Å². The van der Waals surface area contributed by atoms with Crippen LogP contribution in [0.2, 0.25) is 0 Å². The molecule has 0 aliphatic carbocycles. The van der Waals surface area contributed by atoms with Crippen molar-refractivity contribution in [3.8, 4) is 0 Å². The smallest absolute Gasteiger partial charge is 0.245 e. The third-order valence-electron chi connectivity index (χ3n) is 4.37. The zero-order valence-corrected chi connectivity index (χ0v) is 14.1. The van der Waals surface area contributed by atoms with Crippen molar-refractivity contribution in [2.75, 3.05) is 26.3 Å². The normalized spacial score (nSPS) is 22.6. The Balaban J connectivity index is 1.59. The maximum Gasteiger partial charge on any atom is 0.245 e. The lowest BCUT2D eigenvalue weighted by Crippen LogP contribution is -2.51. The quantitative estimate of drug-likeness (QED) is 0.814. The van der Waals surface area contributed by atoms with Gasteiger partial charge in [0.1, 0.15) is 15.9 Å². The fourth-order valence-corrected chi connectivity index (χ4v) is 5.30. The van der Waals surface area contributed by atoms with Crippen molar-refractivity contribution < 1.29 is 17.9 Å². The summed E-state index contributed by atoms with van der Waals surface area (Å²) in [4.78, 5) is 0.227. The molecule has 0 unspecified atom stereocenters. The summed E-state index contributed by atoms with van der Waals surface area (Å²) in [5.41, 5.74) is 1.06. The highest BCUT2D eigenvalue weighted by Crippen LogP contribution is 2.34. The SMILES string of the molecule is O=S(=O)(c1cccc2nsnc12)N1CCC2(CC1)OCCCO2. The first-order valence-electron chi connectivity index (χ1n) is 7.60. The Labute approximate surface area is 138 Å². The molecule has 9 heteroatoms. The van der Waals surface area contributed by atoms with E-state index < -0.39 is 15.8 Å². The number of benzene rings is 1. The molecule has 23 heavy (non-hydrogen) atoms. The van der Waals surface area contributed by atoms with Crippen molar-refractivity contribution in [1.29, 1.82) is 0 Å². The van der Waals surface area contributed by atoms with Crippen molar-refractivity contribution in [3.05, 3.63) is 18.2 Å². The third-order valence-corrected chi connectivity index (χ3v) is 6.84. The van der Waals surface area contributed by atoms with E-state index in [1.165, 1.54) is 4.31 Å². The van der Waals surface area contributed by atoms with Gasteiger partial charge in [0.15, 0.2) is 5.79 Å². The minimum Gasteiger partial charge on any atom is -0.350 e. The summed E-state index contributed by atoms with van der Waals surface area (Å²) in [6.07, 6.45) is 2.00. The number of aromatic nitrogens is 2. The van der Waals surface area contributed by atoms with Gasteiger partial charge in [-0.25, -0.2) is 8.42 Å². The number of hydrogen-bond donors (Lipinski definition) is 0. The molecule has 2 fully saturated rings. The molecule has 124 valence electrons. The fraction of sp³-hybridized carbons (Fsp3) is 0.571. The van der Waals surface area contributed by atoms with Gasteiger partial charge in [-0.15, -0.1) is 0 Å². The summed E-state index contributed by atoms with van der Waals surface area (Å²) >= 11 is 1.02. The average molecular weight is 355 g/mol. The standard InChI is InChI=1S/C14H17N3O4S2/c18-23(19,12-4-1-3-11-13(12)16-22-15-11)17-7-5-14(6-8-17)20-9-2-10-21-14/h1,3-4H,2,5-10H2. The maximum absolute atomic E-state index is 13.0. The maximum atomic E-state index is 13.0. The Morgan fingerprint density at radius 2 is 1.87 bits per heavy atom. The highest BCUT2D eigenvalue weighted by Gasteiger charge is 2.41. The lowest BCUT2D eigenvalue weighted by atomic mass is 10.0. The van der Waals surface area contributed by atoms with Gasteiger partial charge in [0.2, 0.25) is 10.0 Å². The Kier molecular flexibility index (Phi) is 3.85. The molecule has 4 rings (SSSR count). The van der Waals surface area contributed by atoms with Crippen LogP contribution in [-0.2, 0) is 19.5 Å². The lowest BCUT2D eigenvalue weighted by Gasteiger charge is -2.42. The van der Waals surface area contributed by atoms with Crippen LogP contribution in [0.3, 0.4) is 0 Å². The molecule has 0 radical (unpaired) electrons. The van der Waals surface area contributed by atoms with E-state index in [1.54, 1.807) is 18.2 Å². The zero-order valence-electron chi connectivity index (χ0n) is 12.5. The van der Waals surface area contributed by atoms with Crippen LogP contribution in [0.1, 0.15) is 19.3 Å². The van der Waals surface area contributed by atoms with E-state index in [4.69, 9.17) is 9.47 Å². The van der Waals surface area contributed by atoms with Crippen LogP contribution < -0.4 is 0 Å². The molecule has 0 bridgehead atoms. The molecule has 1 spiro atoms. The number of hydrogen-bond acceptors (Lipinski definition) is 7. The molecular formula is C14H17N3O4S2. The molecule has 2 aliphatic rings. The number of nitrogens with zero attached hydrogens (tertiary/aromatic N) is 3. The van der Waals surface area contributed by atoms with E-state index in [9.17, 15) is 8.42 Å². The first kappa shape index (κ1) is 15.4. The molecule has 1 aromatic heterocycles. The molecule has 3 heterocycles. The Morgan fingerprint density at radius 1 is 1.13 bits per heavy atom. The van der Waals surface area contributed by atoms with Gasteiger partial charge >= 0.3 is 0 Å². The summed E-state index contributed by atoms with van der Waals surface area (Å²) in [6.45, 7) is 2.12. The molecule has 0 atom stereocenters. The second-order valence-corrected chi connectivity index (χ2v) is 8.19. The molecular weight excluding hydrogens is 338 g/mol. The number of sulfonamides is 1. The van der Waals surface area contributed by atoms with Crippen LogP contribution in [-0.4, -0.2) is 53.6 Å². The Morgan fingerprint density at radius 3 is 2.61 bits per heavy atom. The van der Waals surface area contributed by atoms with Crippen LogP contribution >= 0.6 is 11.7 Å². The van der Waals surface area contributed by atoms with Gasteiger partial charge in [-0.3, -0.25) is 0 Å². The summed E-state index contributed by atoms with van der Waals surface area (Å²) in [6, 6.07) is 5.07. The first-order chi connectivity index (χ1) is 11.1. The van der Waals surface area contributed by atoms with Gasteiger partial charge in [0.25, 0.3) is 0 Å². The number of fused-ring (bicyclic) bond motifs is 1. The molecule has 0 N–H and O–H groups in total. The molecule has 1 aromatic carbocycles. The van der Waals surface area contributed by atoms with Crippen LogP contribution in [0.15, 0.2) is 23.1 Å². The number of piperidine rings is 1. The van der Waals surface area contributed by atoms with E-state index in [2.05, 4.69) is 8.75 Å². The minimum atomic E-state index is -3.59. The van der Waals surface area contributed by atoms with Gasteiger partial charge in [-0.2, -0.15) is 13.1 Å². The van der Waals surface area contributed by atoms with E-state index in [0.717, 1.165) is 18.1 Å². The second-order valence-electron chi connectivity index (χ2n) is 5.75. The Hall–Kier alpha value is -1.13. The average Bonchev–Trinajstić information content (AvgIpc) is 3.04. The molecule has 0 saturated carbocycles. The number of ether oxygens (including phenoxy) is 2. The molecule has 2 aliphatic heterocycles. The lowest BCUT2D eigenvalue weighted by molar-refractivity contribution is -0.280. The second kappa shape index (κ2) is 5.75. The van der Waals surface area contributed by atoms with Gasteiger partial charge in [-0.1, -0.05) is 6.07 Å². The third kappa shape index (κ3) is 2.66. The van der Waals surface area contributed by atoms with Crippen molar-refractivity contribution in [2.24, 2.45) is 0 Å². The van der Waals surface area contributed by atoms with E-state index in [1.807, 2.05) is 0 Å². The molecule has 0 amide bonds. The highest BCUT2D eigenvalue weighted by molar-refractivity contribution is 7.89. The zero-order chi connectivity index (χ0) is 15.9. The van der Waals surface area contributed by atoms with E-state index in [0.29, 0.717) is 50.2 Å². The topological polar surface area (TPSA) is 81.6 Å². The molecule has 7 nitrogen and oxygen atoms in total. The van der Waals surface area contributed by atoms with Gasteiger partial charge in [-0.05, 0) is 18.6 Å². The van der Waals surface area contributed by atoms with Crippen LogP contribution in [0.25, 0.3) is 11.0 Å². The first-order valence-corrected chi connectivity index (χ1v) is 9.77. The molecule has 2 saturated heterocycles. The van der Waals surface area contributed by atoms with Crippen LogP contribution in [0, 0.1) is 0 Å². The molecule has 2 aromatic rings. The van der Waals surface area contributed by atoms with Crippen molar-refractivity contribution >= 4 is 32.8 Å². The minimum absolute atomic E-state index is 0.227. The summed E-state index contributed by atoms with van der Waals surface area (Å²) in [5.74, 6) is -0.599. The van der Waals surface area contributed by atoms with Crippen molar-refractivity contribution in [1.82, 2.24) is 13.1 Å². The van der Waals surface area contributed by atoms with Gasteiger partial charge in [0, 0.05) is 25.9 Å². The highest BCUT2D eigenvalue weighted by atomic mass is 32.2. The number of rotatable bonds is 2. The van der Waals surface area contributed by atoms with E-state index in [-0.39, 0.29) is 4.90 Å². The van der Waals surface area contributed by atoms with Crippen molar-refractivity contribution in [2.45, 2.75) is 29.9 Å². The monoisotopic (exact) mass is 355 g/mol. The summed E-state index contributed by atoms with van der Waals surface area (Å²) in [5, 5.41) is 0.